The van der Waals surface area contributed by atoms with E-state index in [0.29, 0.717) is 12.2 Å². The van der Waals surface area contributed by atoms with E-state index in [1.54, 1.807) is 0 Å². The average molecular weight is 199 g/mol. The van der Waals surface area contributed by atoms with E-state index >= 15 is 0 Å². The van der Waals surface area contributed by atoms with Crippen molar-refractivity contribution >= 4 is 0 Å². The van der Waals surface area contributed by atoms with Crippen LogP contribution in [0.4, 0.5) is 8.78 Å². The van der Waals surface area contributed by atoms with Gasteiger partial charge in [-0.05, 0) is 12.8 Å². The molecule has 0 aliphatic heterocycles. The Balaban J connectivity index is 2.42. The maximum atomic E-state index is 12.6. The van der Waals surface area contributed by atoms with Gasteiger partial charge < -0.3 is 5.73 Å². The summed E-state index contributed by atoms with van der Waals surface area (Å²) in [5.74, 6) is 0. The van der Waals surface area contributed by atoms with Crippen LogP contribution in [-0.4, -0.2) is 16.5 Å². The minimum absolute atomic E-state index is 0.213. The number of rotatable bonds is 3. The molecule has 1 heterocycles. The van der Waals surface area contributed by atoms with Gasteiger partial charge in [0.05, 0.1) is 5.69 Å². The largest absolute Gasteiger partial charge is 0.330 e. The lowest BCUT2D eigenvalue weighted by Gasteiger charge is -2.14. The first-order valence-electron chi connectivity index (χ1n) is 4.49. The number of nitrogens with zero attached hydrogens (tertiary/aromatic N) is 2. The molecule has 76 valence electrons. The summed E-state index contributed by atoms with van der Waals surface area (Å²) in [5.41, 5.74) is 5.41. The molecule has 0 spiro atoms. The Morgan fingerprint density at radius 2 is 2.00 bits per heavy atom. The van der Waals surface area contributed by atoms with Gasteiger partial charge in [0.1, 0.15) is 5.69 Å². The normalized spacial score (nSPS) is 18.6. The van der Waals surface area contributed by atoms with E-state index in [0.717, 1.165) is 12.8 Å². The molecule has 1 aromatic heterocycles. The summed E-state index contributed by atoms with van der Waals surface area (Å²) in [5, 5.41) is 0. The zero-order valence-corrected chi connectivity index (χ0v) is 7.58. The Bertz CT molecular complexity index is 337. The molecule has 1 aliphatic carbocycles. The van der Waals surface area contributed by atoms with E-state index in [1.165, 1.54) is 12.4 Å². The second-order valence-corrected chi connectivity index (χ2v) is 3.58. The van der Waals surface area contributed by atoms with Crippen molar-refractivity contribution in [2.24, 2.45) is 5.73 Å². The van der Waals surface area contributed by atoms with Crippen molar-refractivity contribution in [2.75, 3.05) is 6.54 Å². The maximum absolute atomic E-state index is 12.6. The van der Waals surface area contributed by atoms with Gasteiger partial charge in [0, 0.05) is 24.4 Å². The van der Waals surface area contributed by atoms with Crippen LogP contribution in [0.1, 0.15) is 30.7 Å². The fraction of sp³-hybridized carbons (Fsp3) is 0.556. The van der Waals surface area contributed by atoms with E-state index in [1.807, 2.05) is 0 Å². The van der Waals surface area contributed by atoms with Gasteiger partial charge in [-0.3, -0.25) is 9.97 Å². The Labute approximate surface area is 80.4 Å². The highest BCUT2D eigenvalue weighted by Crippen LogP contribution is 2.48. The lowest BCUT2D eigenvalue weighted by molar-refractivity contribution is 0.143. The predicted octanol–water partition coefficient (Wildman–Crippen LogP) is 1.40. The van der Waals surface area contributed by atoms with Crippen molar-refractivity contribution in [1.82, 2.24) is 9.97 Å². The van der Waals surface area contributed by atoms with Crippen LogP contribution >= 0.6 is 0 Å². The summed E-state index contributed by atoms with van der Waals surface area (Å²) in [7, 11) is 0. The van der Waals surface area contributed by atoms with Crippen LogP contribution in [0.25, 0.3) is 0 Å². The smallest absolute Gasteiger partial charge is 0.282 e. The van der Waals surface area contributed by atoms with E-state index in [9.17, 15) is 8.78 Å². The topological polar surface area (TPSA) is 51.8 Å². The van der Waals surface area contributed by atoms with Crippen LogP contribution < -0.4 is 5.73 Å². The van der Waals surface area contributed by atoms with Crippen molar-refractivity contribution in [3.63, 3.8) is 0 Å². The molecule has 2 N–H and O–H groups in total. The number of alkyl halides is 2. The second kappa shape index (κ2) is 3.24. The SMILES string of the molecule is NCC1(c2nccnc2C(F)F)CC1. The number of nitrogens with two attached hydrogens (primary N) is 1. The number of aromatic nitrogens is 2. The van der Waals surface area contributed by atoms with Crippen molar-refractivity contribution in [2.45, 2.75) is 24.7 Å². The van der Waals surface area contributed by atoms with Gasteiger partial charge in [-0.1, -0.05) is 0 Å². The Kier molecular flexibility index (Phi) is 2.19. The minimum atomic E-state index is -2.57. The monoisotopic (exact) mass is 199 g/mol. The highest BCUT2D eigenvalue weighted by molar-refractivity contribution is 5.29. The first kappa shape index (κ1) is 9.45. The molecule has 0 atom stereocenters. The fourth-order valence-electron chi connectivity index (χ4n) is 1.61. The molecule has 1 aromatic rings. The van der Waals surface area contributed by atoms with Crippen molar-refractivity contribution in [3.05, 3.63) is 23.8 Å². The van der Waals surface area contributed by atoms with Crippen LogP contribution in [0.15, 0.2) is 12.4 Å². The molecule has 0 bridgehead atoms. The van der Waals surface area contributed by atoms with Crippen LogP contribution in [0.3, 0.4) is 0 Å². The summed E-state index contributed by atoms with van der Waals surface area (Å²) in [6.07, 6.45) is 1.83. The van der Waals surface area contributed by atoms with Crippen molar-refractivity contribution < 1.29 is 8.78 Å². The molecule has 1 fully saturated rings. The van der Waals surface area contributed by atoms with Gasteiger partial charge in [0.25, 0.3) is 6.43 Å². The summed E-state index contributed by atoms with van der Waals surface area (Å²) >= 11 is 0. The van der Waals surface area contributed by atoms with Gasteiger partial charge in [0.15, 0.2) is 0 Å². The van der Waals surface area contributed by atoms with E-state index in [-0.39, 0.29) is 11.1 Å². The molecule has 14 heavy (non-hydrogen) atoms. The first-order valence-corrected chi connectivity index (χ1v) is 4.49. The molecule has 3 nitrogen and oxygen atoms in total. The Morgan fingerprint density at radius 3 is 2.50 bits per heavy atom. The van der Waals surface area contributed by atoms with Gasteiger partial charge in [-0.2, -0.15) is 0 Å². The van der Waals surface area contributed by atoms with Gasteiger partial charge in [-0.15, -0.1) is 0 Å². The van der Waals surface area contributed by atoms with Crippen LogP contribution in [0.2, 0.25) is 0 Å². The lowest BCUT2D eigenvalue weighted by atomic mass is 10.0. The summed E-state index contributed by atoms with van der Waals surface area (Å²) in [4.78, 5) is 7.65. The molecule has 0 saturated heterocycles. The predicted molar refractivity (Wildman–Crippen MR) is 47.0 cm³/mol. The van der Waals surface area contributed by atoms with Crippen molar-refractivity contribution in [3.8, 4) is 0 Å². The minimum Gasteiger partial charge on any atom is -0.330 e. The molecule has 1 saturated carbocycles. The second-order valence-electron chi connectivity index (χ2n) is 3.58. The summed E-state index contributed by atoms with van der Waals surface area (Å²) in [6, 6.07) is 0. The fourth-order valence-corrected chi connectivity index (χ4v) is 1.61. The first-order chi connectivity index (χ1) is 6.69. The van der Waals surface area contributed by atoms with Crippen LogP contribution in [0, 0.1) is 0 Å². The molecule has 1 aliphatic rings. The van der Waals surface area contributed by atoms with Gasteiger partial charge >= 0.3 is 0 Å². The molecule has 2 rings (SSSR count). The molecule has 5 heteroatoms. The number of hydrogen-bond acceptors (Lipinski definition) is 3. The van der Waals surface area contributed by atoms with Crippen LogP contribution in [0.5, 0.6) is 0 Å². The molecule has 0 amide bonds. The van der Waals surface area contributed by atoms with Gasteiger partial charge in [0.2, 0.25) is 0 Å². The third-order valence-corrected chi connectivity index (χ3v) is 2.68. The molecule has 0 aromatic carbocycles. The van der Waals surface area contributed by atoms with Crippen LogP contribution in [-0.2, 0) is 5.41 Å². The third kappa shape index (κ3) is 1.37. The van der Waals surface area contributed by atoms with E-state index in [4.69, 9.17) is 5.73 Å². The number of halogens is 2. The lowest BCUT2D eigenvalue weighted by Crippen LogP contribution is -2.23. The van der Waals surface area contributed by atoms with E-state index < -0.39 is 6.43 Å². The molecule has 0 unspecified atom stereocenters. The third-order valence-electron chi connectivity index (χ3n) is 2.68. The Hall–Kier alpha value is -1.10. The maximum Gasteiger partial charge on any atom is 0.282 e. The average Bonchev–Trinajstić information content (AvgIpc) is 2.98. The molecule has 0 radical (unpaired) electrons. The zero-order valence-electron chi connectivity index (χ0n) is 7.58. The van der Waals surface area contributed by atoms with Crippen molar-refractivity contribution in [1.29, 1.82) is 0 Å². The Morgan fingerprint density at radius 1 is 1.36 bits per heavy atom. The van der Waals surface area contributed by atoms with E-state index in [2.05, 4.69) is 9.97 Å². The molecular formula is C9H11F2N3. The standard InChI is InChI=1S/C9H11F2N3/c10-8(11)6-7(14-4-3-13-6)9(5-12)1-2-9/h3-4,8H,1-2,5,12H2. The van der Waals surface area contributed by atoms with Gasteiger partial charge in [-0.25, -0.2) is 8.78 Å². The highest BCUT2D eigenvalue weighted by atomic mass is 19.3. The summed E-state index contributed by atoms with van der Waals surface area (Å²) in [6.45, 7) is 0.366. The summed E-state index contributed by atoms with van der Waals surface area (Å²) < 4.78 is 25.2. The quantitative estimate of drug-likeness (QED) is 0.800. The highest BCUT2D eigenvalue weighted by Gasteiger charge is 2.47. The molecular weight excluding hydrogens is 188 g/mol. The zero-order chi connectivity index (χ0) is 10.2. The number of hydrogen-bond donors (Lipinski definition) is 1.